The molecule has 5 nitrogen and oxygen atoms in total. The Balaban J connectivity index is 1.67. The number of nitrogens with zero attached hydrogens (tertiary/aromatic N) is 4. The van der Waals surface area contributed by atoms with Crippen LogP contribution in [0, 0.1) is 22.7 Å². The Labute approximate surface area is 203 Å². The van der Waals surface area contributed by atoms with Gasteiger partial charge in [0, 0.05) is 17.8 Å². The molecule has 1 aliphatic heterocycles. The minimum atomic E-state index is -0.225. The zero-order valence-corrected chi connectivity index (χ0v) is 20.8. The first-order valence-electron chi connectivity index (χ1n) is 11.0. The lowest BCUT2D eigenvalue weighted by atomic mass is 9.58. The molecule has 6 rings (SSSR count). The smallest absolute Gasteiger partial charge is 0.118 e. The number of nitriles is 1. The van der Waals surface area contributed by atoms with E-state index in [-0.39, 0.29) is 17.3 Å². The predicted octanol–water partition coefficient (Wildman–Crippen LogP) is 6.38. The van der Waals surface area contributed by atoms with Crippen molar-refractivity contribution in [2.75, 3.05) is 0 Å². The summed E-state index contributed by atoms with van der Waals surface area (Å²) in [5.41, 5.74) is 8.04. The molecule has 3 heterocycles. The van der Waals surface area contributed by atoms with Gasteiger partial charge in [0.05, 0.1) is 29.3 Å². The molecule has 4 aliphatic rings. The first-order valence-corrected chi connectivity index (χ1v) is 12.5. The summed E-state index contributed by atoms with van der Waals surface area (Å²) >= 11 is 7.21. The number of aliphatic imine (C=N–C) groups is 1. The quantitative estimate of drug-likeness (QED) is 0.330. The van der Waals surface area contributed by atoms with E-state index in [1.54, 1.807) is 0 Å². The van der Waals surface area contributed by atoms with Gasteiger partial charge in [-0.1, -0.05) is 19.1 Å². The summed E-state index contributed by atoms with van der Waals surface area (Å²) in [6.07, 6.45) is 10.5. The van der Waals surface area contributed by atoms with Gasteiger partial charge in [-0.2, -0.15) is 5.26 Å². The molecule has 1 N–H and O–H groups in total. The summed E-state index contributed by atoms with van der Waals surface area (Å²) in [6.45, 7) is 2.31. The van der Waals surface area contributed by atoms with Crippen molar-refractivity contribution in [2.45, 2.75) is 44.9 Å². The van der Waals surface area contributed by atoms with Gasteiger partial charge < -0.3 is 4.98 Å². The maximum atomic E-state index is 10.4. The van der Waals surface area contributed by atoms with Gasteiger partial charge in [-0.05, 0) is 97.9 Å². The zero-order valence-electron chi connectivity index (χ0n) is 17.6. The first kappa shape index (κ1) is 20.3. The van der Waals surface area contributed by atoms with Gasteiger partial charge in [0.15, 0.2) is 0 Å². The highest BCUT2D eigenvalue weighted by molar-refractivity contribution is 9.11. The van der Waals surface area contributed by atoms with E-state index in [0.717, 1.165) is 64.1 Å². The van der Waals surface area contributed by atoms with Gasteiger partial charge in [-0.25, -0.2) is 15.0 Å². The second-order valence-electron chi connectivity index (χ2n) is 9.24. The Bertz CT molecular complexity index is 1310. The highest BCUT2D eigenvalue weighted by Crippen LogP contribution is 2.57. The van der Waals surface area contributed by atoms with Crippen molar-refractivity contribution in [1.82, 2.24) is 15.0 Å². The van der Waals surface area contributed by atoms with Gasteiger partial charge in [0.2, 0.25) is 0 Å². The van der Waals surface area contributed by atoms with Gasteiger partial charge in [-0.15, -0.1) is 0 Å². The molecule has 0 spiro atoms. The Hall–Kier alpha value is -2.30. The van der Waals surface area contributed by atoms with Gasteiger partial charge >= 0.3 is 0 Å². The molecule has 0 radical (unpaired) electrons. The Morgan fingerprint density at radius 2 is 2.00 bits per heavy atom. The molecule has 0 fully saturated rings. The van der Waals surface area contributed by atoms with Gasteiger partial charge in [0.25, 0.3) is 0 Å². The average molecular weight is 551 g/mol. The topological polar surface area (TPSA) is 77.7 Å². The third-order valence-electron chi connectivity index (χ3n) is 7.46. The number of hydrogen-bond donors (Lipinski definition) is 1. The molecular formula is C25H21Br2N5. The van der Waals surface area contributed by atoms with Crippen molar-refractivity contribution in [3.05, 3.63) is 73.6 Å². The monoisotopic (exact) mass is 549 g/mol. The van der Waals surface area contributed by atoms with E-state index in [4.69, 9.17) is 15.0 Å². The molecule has 7 heteroatoms. The maximum Gasteiger partial charge on any atom is 0.118 e. The second-order valence-corrected chi connectivity index (χ2v) is 10.9. The van der Waals surface area contributed by atoms with Crippen LogP contribution in [0.2, 0.25) is 0 Å². The molecule has 32 heavy (non-hydrogen) atoms. The summed E-state index contributed by atoms with van der Waals surface area (Å²) in [5.74, 6) is 0.572. The summed E-state index contributed by atoms with van der Waals surface area (Å²) < 4.78 is 1.68. The van der Waals surface area contributed by atoms with E-state index in [9.17, 15) is 5.26 Å². The van der Waals surface area contributed by atoms with E-state index in [1.807, 2.05) is 18.5 Å². The number of fused-ring (bicyclic) bond motifs is 4. The fourth-order valence-electron chi connectivity index (χ4n) is 5.92. The number of allylic oxidation sites excluding steroid dienone is 5. The minimum absolute atomic E-state index is 0.0405. The molecule has 0 saturated heterocycles. The van der Waals surface area contributed by atoms with E-state index in [1.165, 1.54) is 22.3 Å². The van der Waals surface area contributed by atoms with E-state index >= 15 is 0 Å². The summed E-state index contributed by atoms with van der Waals surface area (Å²) in [5, 5.41) is 10.4. The van der Waals surface area contributed by atoms with E-state index in [0.29, 0.717) is 0 Å². The van der Waals surface area contributed by atoms with Crippen molar-refractivity contribution in [3.8, 4) is 6.07 Å². The molecule has 160 valence electrons. The standard InChI is InChI=1S/C25H21Br2N5/c1-25-8-6-15-16(12-28)14-4-2-13-3-5-17(26)31-22(13)19(14)21(24-29-10-11-30-24)20(15)23(25)32-18(27)7-9-25/h3,5,7,10-11,16,21H,2,4,6,8-9H2,1H3,(H,29,30)/t16?,21?,25-/m0/s1. The predicted molar refractivity (Wildman–Crippen MR) is 131 cm³/mol. The van der Waals surface area contributed by atoms with Crippen LogP contribution in [0.3, 0.4) is 0 Å². The van der Waals surface area contributed by atoms with Crippen molar-refractivity contribution >= 4 is 43.1 Å². The SMILES string of the molecule is C[C@]12CC=C(Br)N=C1C1=C(CC2)C(C#N)C2=C(c3nc(Br)ccc3CC2)C1c1ncc[nH]1. The summed E-state index contributed by atoms with van der Waals surface area (Å²) in [4.78, 5) is 18.1. The number of H-pyrrole nitrogens is 1. The van der Waals surface area contributed by atoms with E-state index < -0.39 is 0 Å². The lowest BCUT2D eigenvalue weighted by Gasteiger charge is -2.46. The first-order chi connectivity index (χ1) is 15.5. The fraction of sp³-hybridized carbons (Fsp3) is 0.360. The Morgan fingerprint density at radius 1 is 1.16 bits per heavy atom. The molecule has 3 aliphatic carbocycles. The Kier molecular flexibility index (Phi) is 4.67. The lowest BCUT2D eigenvalue weighted by Crippen LogP contribution is -2.40. The molecular weight excluding hydrogens is 530 g/mol. The number of nitrogens with one attached hydrogen (secondary N) is 1. The van der Waals surface area contributed by atoms with Crippen molar-refractivity contribution in [3.63, 3.8) is 0 Å². The van der Waals surface area contributed by atoms with Gasteiger partial charge in [0.1, 0.15) is 15.0 Å². The average Bonchev–Trinajstić information content (AvgIpc) is 3.32. The third kappa shape index (κ3) is 2.89. The minimum Gasteiger partial charge on any atom is -0.348 e. The number of hydrogen-bond acceptors (Lipinski definition) is 4. The molecule has 2 aromatic heterocycles. The normalized spacial score (nSPS) is 28.7. The molecule has 0 aromatic carbocycles. The molecule has 3 atom stereocenters. The van der Waals surface area contributed by atoms with Crippen molar-refractivity contribution < 1.29 is 0 Å². The lowest BCUT2D eigenvalue weighted by molar-refractivity contribution is 0.406. The van der Waals surface area contributed by atoms with Crippen LogP contribution in [0.5, 0.6) is 0 Å². The molecule has 0 amide bonds. The highest BCUT2D eigenvalue weighted by Gasteiger charge is 2.49. The van der Waals surface area contributed by atoms with Crippen LogP contribution in [0.25, 0.3) is 5.57 Å². The van der Waals surface area contributed by atoms with Crippen LogP contribution in [0.4, 0.5) is 0 Å². The number of pyridine rings is 1. The summed E-state index contributed by atoms with van der Waals surface area (Å²) in [6, 6.07) is 6.83. The number of halogens is 2. The number of aromatic nitrogens is 3. The van der Waals surface area contributed by atoms with Crippen LogP contribution < -0.4 is 0 Å². The molecule has 2 unspecified atom stereocenters. The number of imidazole rings is 1. The molecule has 0 saturated carbocycles. The summed E-state index contributed by atoms with van der Waals surface area (Å²) in [7, 11) is 0. The number of aryl methyl sites for hydroxylation is 1. The fourth-order valence-corrected chi connectivity index (χ4v) is 6.56. The largest absolute Gasteiger partial charge is 0.348 e. The molecule has 0 bridgehead atoms. The van der Waals surface area contributed by atoms with Crippen LogP contribution >= 0.6 is 31.9 Å². The zero-order chi connectivity index (χ0) is 22.0. The highest BCUT2D eigenvalue weighted by atomic mass is 79.9. The Morgan fingerprint density at radius 3 is 2.78 bits per heavy atom. The van der Waals surface area contributed by atoms with Gasteiger partial charge in [-0.3, -0.25) is 0 Å². The van der Waals surface area contributed by atoms with Crippen molar-refractivity contribution in [2.24, 2.45) is 16.3 Å². The van der Waals surface area contributed by atoms with Crippen LogP contribution in [0.1, 0.15) is 55.6 Å². The van der Waals surface area contributed by atoms with E-state index in [2.05, 4.69) is 62.0 Å². The van der Waals surface area contributed by atoms with Crippen molar-refractivity contribution in [1.29, 1.82) is 5.26 Å². The van der Waals surface area contributed by atoms with Crippen LogP contribution in [-0.4, -0.2) is 20.7 Å². The number of rotatable bonds is 1. The second kappa shape index (κ2) is 7.36. The van der Waals surface area contributed by atoms with Crippen LogP contribution in [0.15, 0.2) is 61.5 Å². The molecule has 2 aromatic rings. The number of aromatic amines is 1. The third-order valence-corrected chi connectivity index (χ3v) is 8.41. The van der Waals surface area contributed by atoms with Crippen LogP contribution in [-0.2, 0) is 6.42 Å². The maximum absolute atomic E-state index is 10.4.